The van der Waals surface area contributed by atoms with E-state index >= 15 is 0 Å². The molecule has 28 heavy (non-hydrogen) atoms. The summed E-state index contributed by atoms with van der Waals surface area (Å²) in [5.41, 5.74) is 0.977. The molecule has 0 N–H and O–H groups in total. The summed E-state index contributed by atoms with van der Waals surface area (Å²) in [5, 5.41) is 0.139. The molecule has 1 aromatic carbocycles. The van der Waals surface area contributed by atoms with Crippen LogP contribution in [0.3, 0.4) is 0 Å². The van der Waals surface area contributed by atoms with Crippen LogP contribution < -0.4 is 9.47 Å². The van der Waals surface area contributed by atoms with Crippen LogP contribution in [0.5, 0.6) is 11.5 Å². The largest absolute Gasteiger partial charge is 0.497 e. The van der Waals surface area contributed by atoms with Gasteiger partial charge in [-0.2, -0.15) is 0 Å². The molecule has 142 valence electrons. The summed E-state index contributed by atoms with van der Waals surface area (Å²) >= 11 is 6.10. The van der Waals surface area contributed by atoms with Crippen molar-refractivity contribution in [1.29, 1.82) is 0 Å². The van der Waals surface area contributed by atoms with E-state index in [-0.39, 0.29) is 28.5 Å². The zero-order valence-corrected chi connectivity index (χ0v) is 15.6. The van der Waals surface area contributed by atoms with Crippen molar-refractivity contribution < 1.29 is 23.5 Å². The number of ketones is 2. The van der Waals surface area contributed by atoms with Gasteiger partial charge in [-0.1, -0.05) is 23.7 Å². The summed E-state index contributed by atoms with van der Waals surface area (Å²) in [6.45, 7) is 0.149. The average Bonchev–Trinajstić information content (AvgIpc) is 2.72. The molecular weight excluding hydrogens is 385 g/mol. The minimum Gasteiger partial charge on any atom is -0.497 e. The number of methoxy groups -OCH3 is 1. The lowest BCUT2D eigenvalue weighted by Crippen LogP contribution is -2.38. The molecular formula is C21H15ClFNO4. The number of hydrogen-bond donors (Lipinski definition) is 0. The number of nitrogens with zero attached hydrogens (tertiary/aromatic N) is 1. The van der Waals surface area contributed by atoms with E-state index in [1.54, 1.807) is 19.2 Å². The van der Waals surface area contributed by atoms with Crippen LogP contribution >= 0.6 is 11.6 Å². The highest BCUT2D eigenvalue weighted by Gasteiger charge is 2.48. The van der Waals surface area contributed by atoms with Crippen molar-refractivity contribution in [3.05, 3.63) is 76.4 Å². The summed E-state index contributed by atoms with van der Waals surface area (Å²) < 4.78 is 25.3. The number of allylic oxidation sites excluding steroid dienone is 4. The van der Waals surface area contributed by atoms with Gasteiger partial charge in [0.05, 0.1) is 36.3 Å². The molecule has 1 aromatic heterocycles. The molecule has 2 aromatic rings. The van der Waals surface area contributed by atoms with E-state index < -0.39 is 29.2 Å². The molecule has 1 heterocycles. The third-order valence-electron chi connectivity index (χ3n) is 4.87. The van der Waals surface area contributed by atoms with Crippen LogP contribution in [-0.2, 0) is 6.61 Å². The number of fused-ring (bicyclic) bond motifs is 2. The Hall–Kier alpha value is -2.99. The first-order chi connectivity index (χ1) is 13.5. The van der Waals surface area contributed by atoms with Gasteiger partial charge >= 0.3 is 0 Å². The third kappa shape index (κ3) is 2.99. The molecule has 0 aliphatic heterocycles. The zero-order valence-electron chi connectivity index (χ0n) is 14.8. The van der Waals surface area contributed by atoms with E-state index in [9.17, 15) is 14.0 Å². The highest BCUT2D eigenvalue weighted by molar-refractivity contribution is 6.34. The van der Waals surface area contributed by atoms with E-state index in [1.807, 2.05) is 12.1 Å². The second kappa shape index (κ2) is 7.20. The van der Waals surface area contributed by atoms with Gasteiger partial charge in [-0.3, -0.25) is 14.6 Å². The van der Waals surface area contributed by atoms with Crippen LogP contribution in [0.15, 0.2) is 59.7 Å². The van der Waals surface area contributed by atoms with Gasteiger partial charge in [0.1, 0.15) is 23.9 Å². The normalized spacial score (nSPS) is 20.7. The summed E-state index contributed by atoms with van der Waals surface area (Å²) in [6.07, 6.45) is 5.09. The van der Waals surface area contributed by atoms with Crippen LogP contribution in [0.2, 0.25) is 0 Å². The fourth-order valence-electron chi connectivity index (χ4n) is 3.44. The standard InChI is InChI=1S/C21H15ClFNO4/c1-27-12-4-2-11(3-5-12)10-28-16-9-24-8-13-17(16)21(26)19-15(23)7-6-14(22)18(19)20(13)25/h2-9,18-19H,10H2,1H3. The van der Waals surface area contributed by atoms with E-state index in [0.29, 0.717) is 5.75 Å². The van der Waals surface area contributed by atoms with Gasteiger partial charge in [0.25, 0.3) is 0 Å². The van der Waals surface area contributed by atoms with Crippen molar-refractivity contribution >= 4 is 23.2 Å². The molecule has 0 radical (unpaired) electrons. The van der Waals surface area contributed by atoms with Gasteiger partial charge < -0.3 is 9.47 Å². The fourth-order valence-corrected chi connectivity index (χ4v) is 3.72. The number of carbonyl (C=O) groups is 2. The maximum Gasteiger partial charge on any atom is 0.178 e. The third-order valence-corrected chi connectivity index (χ3v) is 5.23. The first-order valence-corrected chi connectivity index (χ1v) is 8.94. The summed E-state index contributed by atoms with van der Waals surface area (Å²) in [7, 11) is 1.57. The van der Waals surface area contributed by atoms with Crippen molar-refractivity contribution in [1.82, 2.24) is 4.98 Å². The van der Waals surface area contributed by atoms with Gasteiger partial charge in [-0.25, -0.2) is 4.39 Å². The van der Waals surface area contributed by atoms with Crippen LogP contribution in [0.4, 0.5) is 4.39 Å². The van der Waals surface area contributed by atoms with Crippen molar-refractivity contribution in [2.24, 2.45) is 11.8 Å². The van der Waals surface area contributed by atoms with Gasteiger partial charge in [0.15, 0.2) is 11.6 Å². The van der Waals surface area contributed by atoms with E-state index in [0.717, 1.165) is 11.6 Å². The Morgan fingerprint density at radius 1 is 1.07 bits per heavy atom. The maximum absolute atomic E-state index is 14.4. The predicted octanol–water partition coefficient (Wildman–Crippen LogP) is 4.27. The zero-order chi connectivity index (χ0) is 19.8. The highest BCUT2D eigenvalue weighted by atomic mass is 35.5. The van der Waals surface area contributed by atoms with Gasteiger partial charge in [-0.05, 0) is 29.8 Å². The number of benzene rings is 1. The minimum absolute atomic E-state index is 0.0460. The highest BCUT2D eigenvalue weighted by Crippen LogP contribution is 2.44. The Morgan fingerprint density at radius 2 is 1.82 bits per heavy atom. The number of ether oxygens (including phenoxy) is 2. The number of hydrogen-bond acceptors (Lipinski definition) is 5. The first kappa shape index (κ1) is 18.4. The number of carbonyl (C=O) groups excluding carboxylic acids is 2. The van der Waals surface area contributed by atoms with Crippen molar-refractivity contribution in [3.8, 4) is 11.5 Å². The summed E-state index contributed by atoms with van der Waals surface area (Å²) in [6, 6.07) is 7.21. The lowest BCUT2D eigenvalue weighted by molar-refractivity contribution is 0.0769. The molecule has 2 unspecified atom stereocenters. The Labute approximate surface area is 165 Å². The number of Topliss-reactive ketones (excluding diaryl/α,β-unsaturated/α-hetero) is 2. The lowest BCUT2D eigenvalue weighted by Gasteiger charge is -2.31. The molecule has 0 bridgehead atoms. The maximum atomic E-state index is 14.4. The Kier molecular flexibility index (Phi) is 4.73. The Morgan fingerprint density at radius 3 is 2.54 bits per heavy atom. The van der Waals surface area contributed by atoms with Crippen LogP contribution in [0.1, 0.15) is 26.3 Å². The van der Waals surface area contributed by atoms with Crippen LogP contribution in [-0.4, -0.2) is 23.7 Å². The molecule has 2 aliphatic carbocycles. The van der Waals surface area contributed by atoms with E-state index in [1.165, 1.54) is 18.5 Å². The molecule has 2 atom stereocenters. The van der Waals surface area contributed by atoms with Crippen molar-refractivity contribution in [3.63, 3.8) is 0 Å². The molecule has 5 nitrogen and oxygen atoms in total. The molecule has 0 amide bonds. The first-order valence-electron chi connectivity index (χ1n) is 8.56. The lowest BCUT2D eigenvalue weighted by atomic mass is 9.72. The molecule has 7 heteroatoms. The smallest absolute Gasteiger partial charge is 0.178 e. The van der Waals surface area contributed by atoms with E-state index in [2.05, 4.69) is 4.98 Å². The Bertz CT molecular complexity index is 1030. The molecule has 4 rings (SSSR count). The fraction of sp³-hybridized carbons (Fsp3) is 0.190. The van der Waals surface area contributed by atoms with Crippen molar-refractivity contribution in [2.75, 3.05) is 7.11 Å². The number of halogens is 2. The van der Waals surface area contributed by atoms with E-state index in [4.69, 9.17) is 21.1 Å². The van der Waals surface area contributed by atoms with Crippen LogP contribution in [0.25, 0.3) is 0 Å². The number of pyridine rings is 1. The van der Waals surface area contributed by atoms with Gasteiger partial charge in [0.2, 0.25) is 0 Å². The molecule has 0 fully saturated rings. The molecule has 2 aliphatic rings. The predicted molar refractivity (Wildman–Crippen MR) is 100 cm³/mol. The second-order valence-electron chi connectivity index (χ2n) is 6.48. The molecule has 0 saturated heterocycles. The molecule has 0 spiro atoms. The molecule has 0 saturated carbocycles. The van der Waals surface area contributed by atoms with Gasteiger partial charge in [0, 0.05) is 11.2 Å². The monoisotopic (exact) mass is 399 g/mol. The quantitative estimate of drug-likeness (QED) is 0.768. The van der Waals surface area contributed by atoms with Crippen molar-refractivity contribution in [2.45, 2.75) is 6.61 Å². The van der Waals surface area contributed by atoms with Crippen LogP contribution in [0, 0.1) is 11.8 Å². The second-order valence-corrected chi connectivity index (χ2v) is 6.92. The topological polar surface area (TPSA) is 65.5 Å². The summed E-state index contributed by atoms with van der Waals surface area (Å²) in [5.74, 6) is -3.12. The minimum atomic E-state index is -1.26. The SMILES string of the molecule is COc1ccc(COc2cncc3c2C(=O)C2C(F)=CC=C(Cl)C2C3=O)cc1. The number of aromatic nitrogens is 1. The summed E-state index contributed by atoms with van der Waals surface area (Å²) in [4.78, 5) is 29.9. The number of rotatable bonds is 4. The Balaban J connectivity index is 1.67. The van der Waals surface area contributed by atoms with Gasteiger partial charge in [-0.15, -0.1) is 0 Å². The average molecular weight is 400 g/mol.